The summed E-state index contributed by atoms with van der Waals surface area (Å²) in [5.41, 5.74) is 3.80. The van der Waals surface area contributed by atoms with Gasteiger partial charge in [-0.3, -0.25) is 0 Å². The molecule has 0 spiro atoms. The largest absolute Gasteiger partial charge is 0.355 e. The normalized spacial score (nSPS) is 17.2. The maximum atomic E-state index is 5.52. The summed E-state index contributed by atoms with van der Waals surface area (Å²) in [6.45, 7) is 5.61. The van der Waals surface area contributed by atoms with Gasteiger partial charge in [-0.05, 0) is 13.3 Å². The average molecular weight is 110 g/mol. The van der Waals surface area contributed by atoms with E-state index < -0.39 is 0 Å². The molecule has 0 saturated carbocycles. The fraction of sp³-hybridized carbons (Fsp3) is 0.667. The summed E-state index contributed by atoms with van der Waals surface area (Å²) in [4.78, 5) is 0. The van der Waals surface area contributed by atoms with Gasteiger partial charge in [0, 0.05) is 0 Å². The van der Waals surface area contributed by atoms with Crippen molar-refractivity contribution in [2.24, 2.45) is 0 Å². The molecule has 0 aliphatic rings. The molecule has 0 aromatic rings. The molecule has 0 amide bonds. The van der Waals surface area contributed by atoms with Gasteiger partial charge < -0.3 is 5.73 Å². The molecule has 0 aliphatic heterocycles. The molecule has 0 aromatic carbocycles. The fourth-order valence-electron chi connectivity index (χ4n) is 0.561. The maximum absolute atomic E-state index is 5.52. The van der Waals surface area contributed by atoms with Gasteiger partial charge in [0.1, 0.15) is 0 Å². The molecule has 0 saturated heterocycles. The van der Waals surface area contributed by atoms with Crippen molar-refractivity contribution in [2.75, 3.05) is 0 Å². The van der Waals surface area contributed by atoms with Crippen LogP contribution in [-0.4, -0.2) is 13.9 Å². The quantitative estimate of drug-likeness (QED) is 0.395. The maximum Gasteiger partial charge on any atom is 0.0813 e. The van der Waals surface area contributed by atoms with Gasteiger partial charge in [-0.25, -0.2) is 0 Å². The van der Waals surface area contributed by atoms with Gasteiger partial charge in [-0.1, -0.05) is 11.9 Å². The highest BCUT2D eigenvalue weighted by Crippen LogP contribution is 2.05. The van der Waals surface area contributed by atoms with Crippen molar-refractivity contribution in [3.63, 3.8) is 0 Å². The van der Waals surface area contributed by atoms with Gasteiger partial charge >= 0.3 is 0 Å². The molecule has 3 N–H and O–H groups in total. The summed E-state index contributed by atoms with van der Waals surface area (Å²) < 4.78 is 0. The Kier molecular flexibility index (Phi) is 3.62. The summed E-state index contributed by atoms with van der Waals surface area (Å²) in [5, 5.41) is 0. The minimum Gasteiger partial charge on any atom is -0.355 e. The second-order valence-corrected chi connectivity index (χ2v) is 2.24. The van der Waals surface area contributed by atoms with E-state index in [2.05, 4.69) is 12.3 Å². The minimum atomic E-state index is 0.127. The first kappa shape index (κ1) is 7.76. The molecule has 2 atom stereocenters. The van der Waals surface area contributed by atoms with Crippen molar-refractivity contribution in [1.29, 1.82) is 0 Å². The van der Waals surface area contributed by atoms with Crippen molar-refractivity contribution in [3.8, 4) is 0 Å². The van der Waals surface area contributed by atoms with E-state index in [0.717, 1.165) is 6.42 Å². The van der Waals surface area contributed by atoms with E-state index in [1.807, 2.05) is 6.92 Å². The molecule has 2 radical (unpaired) electrons. The molecule has 2 unspecified atom stereocenters. The van der Waals surface area contributed by atoms with Gasteiger partial charge in [0.15, 0.2) is 0 Å². The van der Waals surface area contributed by atoms with E-state index in [4.69, 9.17) is 7.85 Å². The smallest absolute Gasteiger partial charge is 0.0813 e. The van der Waals surface area contributed by atoms with Crippen LogP contribution in [0.15, 0.2) is 12.7 Å². The molecule has 1 nitrogen and oxygen atoms in total. The predicted octanol–water partition coefficient (Wildman–Crippen LogP) is 0.150. The number of hydrogen-bond acceptors (Lipinski definition) is 0. The van der Waals surface area contributed by atoms with E-state index in [-0.39, 0.29) is 5.82 Å². The molecule has 44 valence electrons. The topological polar surface area (TPSA) is 27.6 Å². The lowest BCUT2D eigenvalue weighted by molar-refractivity contribution is -0.414. The van der Waals surface area contributed by atoms with Crippen LogP contribution in [0.5, 0.6) is 0 Å². The summed E-state index contributed by atoms with van der Waals surface area (Å²) in [5.74, 6) is 0.127. The third kappa shape index (κ3) is 3.94. The summed E-state index contributed by atoms with van der Waals surface area (Å²) in [6.07, 6.45) is 2.69. The van der Waals surface area contributed by atoms with E-state index >= 15 is 0 Å². The molecule has 2 heteroatoms. The molecular formula is C6H13BN+. The third-order valence-corrected chi connectivity index (χ3v) is 0.977. The van der Waals surface area contributed by atoms with E-state index in [9.17, 15) is 0 Å². The second kappa shape index (κ2) is 3.73. The lowest BCUT2D eigenvalue weighted by Gasteiger charge is -2.04. The fourth-order valence-corrected chi connectivity index (χ4v) is 0.561. The first-order chi connectivity index (χ1) is 3.66. The third-order valence-electron chi connectivity index (χ3n) is 0.977. The zero-order chi connectivity index (χ0) is 6.57. The van der Waals surface area contributed by atoms with Crippen LogP contribution in [0.2, 0.25) is 5.82 Å². The van der Waals surface area contributed by atoms with Crippen LogP contribution in [0.3, 0.4) is 0 Å². The number of quaternary nitrogens is 1. The number of hydrogen-bond donors (Lipinski definition) is 1. The molecule has 0 aromatic heterocycles. The van der Waals surface area contributed by atoms with Crippen LogP contribution in [-0.2, 0) is 0 Å². The Morgan fingerprint density at radius 3 is 2.50 bits per heavy atom. The number of rotatable bonds is 3. The zero-order valence-electron chi connectivity index (χ0n) is 5.43. The van der Waals surface area contributed by atoms with Gasteiger partial charge in [-0.15, -0.1) is 6.58 Å². The Morgan fingerprint density at radius 2 is 2.38 bits per heavy atom. The Labute approximate surface area is 52.4 Å². The Bertz CT molecular complexity index is 70.9. The first-order valence-corrected chi connectivity index (χ1v) is 2.88. The summed E-state index contributed by atoms with van der Waals surface area (Å²) >= 11 is 0. The highest BCUT2D eigenvalue weighted by Gasteiger charge is 2.00. The van der Waals surface area contributed by atoms with Crippen molar-refractivity contribution in [1.82, 2.24) is 0 Å². The van der Waals surface area contributed by atoms with Crippen LogP contribution in [0.4, 0.5) is 0 Å². The van der Waals surface area contributed by atoms with Crippen LogP contribution >= 0.6 is 0 Å². The molecule has 0 bridgehead atoms. The van der Waals surface area contributed by atoms with E-state index in [1.165, 1.54) is 0 Å². The monoisotopic (exact) mass is 110 g/mol. The highest BCUT2D eigenvalue weighted by atomic mass is 14.6. The standard InChI is InChI=1S/C6H12BN/c1-3-6(7)4-5(2)8/h3,5-6H,1,4,8H2,2H3/p+1. The van der Waals surface area contributed by atoms with Crippen LogP contribution < -0.4 is 5.73 Å². The molecule has 0 aliphatic carbocycles. The summed E-state index contributed by atoms with van der Waals surface area (Å²) in [6, 6.07) is 0.433. The lowest BCUT2D eigenvalue weighted by Crippen LogP contribution is -2.59. The molecule has 0 fully saturated rings. The first-order valence-electron chi connectivity index (χ1n) is 2.88. The molecule has 8 heavy (non-hydrogen) atoms. The van der Waals surface area contributed by atoms with Crippen molar-refractivity contribution < 1.29 is 5.73 Å². The summed E-state index contributed by atoms with van der Waals surface area (Å²) in [7, 11) is 5.52. The predicted molar refractivity (Wildman–Crippen MR) is 36.7 cm³/mol. The lowest BCUT2D eigenvalue weighted by atomic mass is 9.83. The van der Waals surface area contributed by atoms with Crippen molar-refractivity contribution in [3.05, 3.63) is 12.7 Å². The Balaban J connectivity index is 3.23. The van der Waals surface area contributed by atoms with E-state index in [0.29, 0.717) is 6.04 Å². The molecule has 0 heterocycles. The highest BCUT2D eigenvalue weighted by molar-refractivity contribution is 6.12. The SMILES string of the molecule is [B]C(C=C)CC(C)[NH3+]. The zero-order valence-corrected chi connectivity index (χ0v) is 5.43. The van der Waals surface area contributed by atoms with E-state index in [1.54, 1.807) is 6.08 Å². The van der Waals surface area contributed by atoms with Crippen LogP contribution in [0, 0.1) is 0 Å². The number of allylic oxidation sites excluding steroid dienone is 1. The molecular weight excluding hydrogens is 96.9 g/mol. The van der Waals surface area contributed by atoms with Crippen LogP contribution in [0.25, 0.3) is 0 Å². The minimum absolute atomic E-state index is 0.127. The molecule has 0 rings (SSSR count). The Hall–Kier alpha value is -0.235. The van der Waals surface area contributed by atoms with Crippen molar-refractivity contribution in [2.45, 2.75) is 25.2 Å². The van der Waals surface area contributed by atoms with Gasteiger partial charge in [0.2, 0.25) is 0 Å². The van der Waals surface area contributed by atoms with Gasteiger partial charge in [-0.2, -0.15) is 0 Å². The van der Waals surface area contributed by atoms with Gasteiger partial charge in [0.25, 0.3) is 0 Å². The second-order valence-electron chi connectivity index (χ2n) is 2.24. The van der Waals surface area contributed by atoms with Gasteiger partial charge in [0.05, 0.1) is 13.9 Å². The van der Waals surface area contributed by atoms with Crippen molar-refractivity contribution >= 4 is 7.85 Å². The average Bonchev–Trinajstić information content (AvgIpc) is 1.65. The van der Waals surface area contributed by atoms with Crippen LogP contribution in [0.1, 0.15) is 13.3 Å². The Morgan fingerprint density at radius 1 is 1.88 bits per heavy atom.